The Morgan fingerprint density at radius 3 is 2.24 bits per heavy atom. The third-order valence-electron chi connectivity index (χ3n) is 6.36. The number of nitrogens with zero attached hydrogens (tertiary/aromatic N) is 5. The second kappa shape index (κ2) is 16.2. The molecular weight excluding hydrogens is 568 g/mol. The maximum atomic E-state index is 12.8. The fourth-order valence-corrected chi connectivity index (χ4v) is 5.45. The normalized spacial score (nSPS) is 15.5. The summed E-state index contributed by atoms with van der Waals surface area (Å²) in [7, 11) is 0. The molecule has 0 saturated carbocycles. The Morgan fingerprint density at radius 2 is 1.64 bits per heavy atom. The Bertz CT molecular complexity index is 1240. The van der Waals surface area contributed by atoms with E-state index in [0.29, 0.717) is 50.9 Å². The zero-order valence-corrected chi connectivity index (χ0v) is 24.1. The second-order valence-corrected chi connectivity index (χ2v) is 10.5. The van der Waals surface area contributed by atoms with Crippen molar-refractivity contribution in [1.82, 2.24) is 19.7 Å². The molecule has 0 spiro atoms. The van der Waals surface area contributed by atoms with Gasteiger partial charge in [0.1, 0.15) is 0 Å². The number of aromatic nitrogens is 1. The summed E-state index contributed by atoms with van der Waals surface area (Å²) in [6.45, 7) is 7.60. The monoisotopic (exact) mass is 604 g/mol. The summed E-state index contributed by atoms with van der Waals surface area (Å²) < 4.78 is 5.36. The zero-order chi connectivity index (χ0) is 30.5. The van der Waals surface area contributed by atoms with Gasteiger partial charge in [-0.15, -0.1) is 11.3 Å². The number of urea groups is 1. The highest BCUT2D eigenvalue weighted by Crippen LogP contribution is 2.27. The number of ether oxygens (including phenoxy) is 1. The van der Waals surface area contributed by atoms with E-state index in [1.54, 1.807) is 0 Å². The molecule has 1 aromatic heterocycles. The van der Waals surface area contributed by atoms with Crippen LogP contribution in [0.3, 0.4) is 0 Å². The molecule has 3 heterocycles. The number of anilines is 2. The number of carbonyl (C=O) groups excluding carboxylic acids is 2. The lowest BCUT2D eigenvalue weighted by Gasteiger charge is -2.38. The number of carboxylic acid groups (broad SMARTS) is 2. The van der Waals surface area contributed by atoms with Gasteiger partial charge in [0.15, 0.2) is 5.13 Å². The van der Waals surface area contributed by atoms with Gasteiger partial charge in [-0.3, -0.25) is 9.69 Å². The SMILES string of the molecule is CC(=O)Nc1nc(CCc2ccc(NC=NC(=O)O)cc2)c(CN2CCN(C(=O)N3CCOCC3)CC2)s1.NC(=O)O. The van der Waals surface area contributed by atoms with Crippen LogP contribution in [0, 0.1) is 0 Å². The molecule has 15 nitrogen and oxygen atoms in total. The number of amides is 5. The summed E-state index contributed by atoms with van der Waals surface area (Å²) in [5.41, 5.74) is 6.84. The molecule has 2 saturated heterocycles. The van der Waals surface area contributed by atoms with E-state index in [0.717, 1.165) is 54.2 Å². The van der Waals surface area contributed by atoms with Crippen LogP contribution in [-0.4, -0.2) is 113 Å². The first-order valence-corrected chi connectivity index (χ1v) is 14.1. The summed E-state index contributed by atoms with van der Waals surface area (Å²) in [5, 5.41) is 22.0. The molecule has 228 valence electrons. The maximum Gasteiger partial charge on any atom is 0.432 e. The number of nitrogens with one attached hydrogen (secondary N) is 2. The molecule has 0 aliphatic carbocycles. The number of hydrogen-bond acceptors (Lipinski definition) is 8. The van der Waals surface area contributed by atoms with Crippen molar-refractivity contribution in [3.8, 4) is 0 Å². The van der Waals surface area contributed by atoms with Crippen molar-refractivity contribution in [3.63, 3.8) is 0 Å². The molecule has 4 rings (SSSR count). The van der Waals surface area contributed by atoms with Gasteiger partial charge in [0.2, 0.25) is 5.91 Å². The van der Waals surface area contributed by atoms with Gasteiger partial charge < -0.3 is 41.1 Å². The number of piperazine rings is 1. The number of aliphatic imine (C=N–C) groups is 1. The number of nitrogens with two attached hydrogens (primary N) is 1. The molecule has 2 aliphatic heterocycles. The minimum atomic E-state index is -1.33. The lowest BCUT2D eigenvalue weighted by Crippen LogP contribution is -2.54. The molecule has 0 atom stereocenters. The first-order valence-electron chi connectivity index (χ1n) is 13.3. The fraction of sp³-hybridized carbons (Fsp3) is 0.462. The first-order chi connectivity index (χ1) is 20.1. The van der Waals surface area contributed by atoms with E-state index in [9.17, 15) is 14.4 Å². The predicted molar refractivity (Wildman–Crippen MR) is 157 cm³/mol. The largest absolute Gasteiger partial charge is 0.465 e. The van der Waals surface area contributed by atoms with E-state index >= 15 is 0 Å². The van der Waals surface area contributed by atoms with E-state index in [4.69, 9.17) is 24.7 Å². The molecule has 1 aromatic carbocycles. The Labute approximate surface area is 247 Å². The van der Waals surface area contributed by atoms with Crippen LogP contribution in [0.15, 0.2) is 29.3 Å². The quantitative estimate of drug-likeness (QED) is 0.219. The Kier molecular flexibility index (Phi) is 12.5. The van der Waals surface area contributed by atoms with E-state index < -0.39 is 12.2 Å². The van der Waals surface area contributed by atoms with Gasteiger partial charge in [-0.05, 0) is 30.5 Å². The lowest BCUT2D eigenvalue weighted by atomic mass is 10.1. The second-order valence-electron chi connectivity index (χ2n) is 9.44. The van der Waals surface area contributed by atoms with Gasteiger partial charge in [0, 0.05) is 63.3 Å². The molecule has 0 bridgehead atoms. The highest BCUT2D eigenvalue weighted by Gasteiger charge is 2.27. The summed E-state index contributed by atoms with van der Waals surface area (Å²) >= 11 is 1.50. The molecule has 0 radical (unpaired) electrons. The smallest absolute Gasteiger partial charge is 0.432 e. The van der Waals surface area contributed by atoms with Crippen LogP contribution in [-0.2, 0) is 28.9 Å². The molecule has 2 aliphatic rings. The minimum absolute atomic E-state index is 0.0924. The molecule has 42 heavy (non-hydrogen) atoms. The fourth-order valence-electron chi connectivity index (χ4n) is 4.35. The molecule has 6 N–H and O–H groups in total. The number of benzene rings is 1. The molecular formula is C26H36N8O7S. The van der Waals surface area contributed by atoms with Gasteiger partial charge in [-0.25, -0.2) is 19.4 Å². The standard InChI is InChI=1S/C25H33N7O5S.CH3NO2/c1-18(33)28-23-29-21(7-4-19-2-5-20(6-3-19)26-17-27-24(34)35)22(38-23)16-30-8-10-31(11-9-30)25(36)32-12-14-37-15-13-32;2-1(3)4/h2-3,5-6,17H,4,7-16H2,1H3,(H,26,27)(H,34,35)(H,28,29,33);2H2,(H,3,4). The van der Waals surface area contributed by atoms with Crippen LogP contribution in [0.5, 0.6) is 0 Å². The average molecular weight is 605 g/mol. The van der Waals surface area contributed by atoms with Crippen LogP contribution < -0.4 is 16.4 Å². The lowest BCUT2D eigenvalue weighted by molar-refractivity contribution is -0.114. The van der Waals surface area contributed by atoms with Gasteiger partial charge in [0.25, 0.3) is 0 Å². The number of carbonyl (C=O) groups is 4. The van der Waals surface area contributed by atoms with Crippen LogP contribution in [0.1, 0.15) is 23.1 Å². The van der Waals surface area contributed by atoms with E-state index in [1.165, 1.54) is 18.3 Å². The van der Waals surface area contributed by atoms with Crippen molar-refractivity contribution in [2.45, 2.75) is 26.3 Å². The van der Waals surface area contributed by atoms with Crippen LogP contribution in [0.2, 0.25) is 0 Å². The molecule has 5 amide bonds. The third kappa shape index (κ3) is 10.9. The van der Waals surface area contributed by atoms with Crippen LogP contribution >= 0.6 is 11.3 Å². The van der Waals surface area contributed by atoms with Crippen molar-refractivity contribution in [1.29, 1.82) is 0 Å². The summed E-state index contributed by atoms with van der Waals surface area (Å²) in [5.74, 6) is -0.151. The number of primary amides is 1. The van der Waals surface area contributed by atoms with Crippen LogP contribution in [0.25, 0.3) is 0 Å². The van der Waals surface area contributed by atoms with E-state index in [2.05, 4.69) is 26.3 Å². The summed E-state index contributed by atoms with van der Waals surface area (Å²) in [6.07, 6.45) is 0.0337. The van der Waals surface area contributed by atoms with E-state index in [-0.39, 0.29) is 11.9 Å². The summed E-state index contributed by atoms with van der Waals surface area (Å²) in [4.78, 5) is 58.9. The highest BCUT2D eigenvalue weighted by atomic mass is 32.1. The molecule has 2 aromatic rings. The third-order valence-corrected chi connectivity index (χ3v) is 7.36. The predicted octanol–water partition coefficient (Wildman–Crippen LogP) is 2.20. The van der Waals surface area contributed by atoms with Gasteiger partial charge in [-0.2, -0.15) is 4.99 Å². The first kappa shape index (κ1) is 32.2. The van der Waals surface area contributed by atoms with Crippen molar-refractivity contribution < 1.29 is 34.1 Å². The number of aryl methyl sites for hydroxylation is 2. The van der Waals surface area contributed by atoms with Gasteiger partial charge in [0.05, 0.1) is 25.2 Å². The van der Waals surface area contributed by atoms with Gasteiger partial charge in [-0.1, -0.05) is 12.1 Å². The Hall–Kier alpha value is -4.28. The Morgan fingerprint density at radius 1 is 1.02 bits per heavy atom. The number of rotatable bonds is 8. The van der Waals surface area contributed by atoms with Gasteiger partial charge >= 0.3 is 18.2 Å². The Balaban J connectivity index is 0.00000114. The highest BCUT2D eigenvalue weighted by molar-refractivity contribution is 7.15. The van der Waals surface area contributed by atoms with Crippen molar-refractivity contribution in [2.24, 2.45) is 10.7 Å². The molecule has 2 fully saturated rings. The molecule has 16 heteroatoms. The average Bonchev–Trinajstić information content (AvgIpc) is 3.32. The number of hydrogen-bond donors (Lipinski definition) is 5. The van der Waals surface area contributed by atoms with Crippen molar-refractivity contribution in [2.75, 3.05) is 63.1 Å². The topological polar surface area (TPSA) is 203 Å². The maximum absolute atomic E-state index is 12.8. The number of morpholine rings is 1. The molecule has 0 unspecified atom stereocenters. The van der Waals surface area contributed by atoms with Crippen LogP contribution in [0.4, 0.5) is 25.2 Å². The van der Waals surface area contributed by atoms with E-state index in [1.807, 2.05) is 34.1 Å². The number of thiazole rings is 1. The minimum Gasteiger partial charge on any atom is -0.465 e. The van der Waals surface area contributed by atoms with Crippen molar-refractivity contribution >= 4 is 52.6 Å². The summed E-state index contributed by atoms with van der Waals surface area (Å²) in [6, 6.07) is 7.77. The zero-order valence-electron chi connectivity index (χ0n) is 23.3. The van der Waals surface area contributed by atoms with Crippen molar-refractivity contribution in [3.05, 3.63) is 40.4 Å².